The number of nitrogens with two attached hydrogens (primary N) is 1. The third-order valence-electron chi connectivity index (χ3n) is 12.0. The van der Waals surface area contributed by atoms with Crippen LogP contribution in [0.15, 0.2) is 83.0 Å². The minimum atomic E-state index is -5.24. The number of phosphoric ester groups is 1. The molecule has 0 bridgehead atoms. The number of ether oxygens (including phenoxy) is 4. The average molecular weight is 1050 g/mol. The number of hydrogen-bond acceptors (Lipinski definition) is 18. The molecule has 3 aliphatic rings. The molecule has 0 saturated carbocycles. The first kappa shape index (κ1) is 52.5. The Morgan fingerprint density at radius 2 is 1.44 bits per heavy atom. The highest BCUT2D eigenvalue weighted by Gasteiger charge is 2.55. The van der Waals surface area contributed by atoms with Crippen LogP contribution in [0.5, 0.6) is 11.5 Å². The number of phosphoric acid groups is 1. The van der Waals surface area contributed by atoms with Crippen molar-refractivity contribution in [1.82, 2.24) is 29.1 Å². The van der Waals surface area contributed by atoms with Gasteiger partial charge in [0.25, 0.3) is 5.56 Å². The van der Waals surface area contributed by atoms with Crippen molar-refractivity contribution in [3.8, 4) is 11.5 Å². The van der Waals surface area contributed by atoms with Crippen LogP contribution >= 0.6 is 26.0 Å². The van der Waals surface area contributed by atoms with E-state index in [1.165, 1.54) is 69.8 Å². The fourth-order valence-electron chi connectivity index (χ4n) is 8.24. The zero-order valence-electron chi connectivity index (χ0n) is 38.6. The van der Waals surface area contributed by atoms with Gasteiger partial charge in [-0.1, -0.05) is 76.8 Å². The number of nitrogen functional groups attached to an aromatic ring is 1. The summed E-state index contributed by atoms with van der Waals surface area (Å²) < 4.78 is 109. The molecular weight excluding hydrogens is 995 g/mol. The monoisotopic (exact) mass is 1050 g/mol. The molecule has 3 fully saturated rings. The van der Waals surface area contributed by atoms with Crippen LogP contribution in [0.25, 0.3) is 11.2 Å². The Kier molecular flexibility index (Phi) is 17.6. The van der Waals surface area contributed by atoms with E-state index in [1.54, 1.807) is 36.4 Å². The summed E-state index contributed by atoms with van der Waals surface area (Å²) in [4.78, 5) is 62.5. The molecule has 5 aromatic rings. The second-order valence-corrected chi connectivity index (χ2v) is 22.6. The molecule has 3 aromatic heterocycles. The first-order valence-corrected chi connectivity index (χ1v) is 27.9. The number of H-pyrrole nitrogens is 1. The van der Waals surface area contributed by atoms with Crippen molar-refractivity contribution >= 4 is 49.0 Å². The number of nitrogens with one attached hydrogen (secondary N) is 1. The van der Waals surface area contributed by atoms with E-state index in [0.717, 1.165) is 36.0 Å². The van der Waals surface area contributed by atoms with E-state index in [0.29, 0.717) is 39.4 Å². The molecule has 0 spiro atoms. The summed E-state index contributed by atoms with van der Waals surface area (Å²) in [5, 5.41) is 0. The van der Waals surface area contributed by atoms with E-state index in [9.17, 15) is 28.4 Å². The van der Waals surface area contributed by atoms with Crippen LogP contribution in [0.4, 0.5) is 14.6 Å². The predicted molar refractivity (Wildman–Crippen MR) is 254 cm³/mol. The smallest absolute Gasteiger partial charge is 0.472 e. The molecule has 1 unspecified atom stereocenters. The van der Waals surface area contributed by atoms with Gasteiger partial charge in [0.2, 0.25) is 0 Å². The highest BCUT2D eigenvalue weighted by molar-refractivity contribution is 8.54. The molecule has 0 aliphatic carbocycles. The summed E-state index contributed by atoms with van der Waals surface area (Å²) in [6.45, 7) is -3.62. The fraction of sp³-hybridized carbons (Fsp3) is 0.511. The van der Waals surface area contributed by atoms with E-state index >= 15 is 8.78 Å². The highest BCUT2D eigenvalue weighted by atomic mass is 32.7. The quantitative estimate of drug-likeness (QED) is 0.0307. The topological polar surface area (TPSA) is 270 Å². The molecule has 2 aromatic carbocycles. The predicted octanol–water partition coefficient (Wildman–Crippen LogP) is 7.91. The second-order valence-electron chi connectivity index (χ2n) is 17.1. The average Bonchev–Trinajstić information content (AvgIpc) is 4.01. The van der Waals surface area contributed by atoms with Gasteiger partial charge in [0, 0.05) is 18.0 Å². The van der Waals surface area contributed by atoms with Gasteiger partial charge < -0.3 is 29.6 Å². The molecule has 3 saturated heterocycles. The number of halogens is 2. The van der Waals surface area contributed by atoms with Crippen LogP contribution in [0.1, 0.15) is 99.5 Å². The van der Waals surface area contributed by atoms with E-state index < -0.39 is 94.3 Å². The zero-order valence-corrected chi connectivity index (χ0v) is 41.2. The van der Waals surface area contributed by atoms with Crippen LogP contribution < -0.4 is 26.5 Å². The summed E-state index contributed by atoms with van der Waals surface area (Å²) in [6, 6.07) is 13.8. The zero-order chi connectivity index (χ0) is 50.1. The van der Waals surface area contributed by atoms with Crippen LogP contribution in [-0.4, -0.2) is 96.5 Å². The van der Waals surface area contributed by atoms with Gasteiger partial charge in [-0.05, 0) is 59.8 Å². The van der Waals surface area contributed by atoms with E-state index in [-0.39, 0.29) is 28.5 Å². The largest absolute Gasteiger partial charge is 0.494 e. The van der Waals surface area contributed by atoms with Crippen LogP contribution in [0, 0.1) is 0 Å². The highest BCUT2D eigenvalue weighted by Crippen LogP contribution is 2.65. The number of anilines is 1. The van der Waals surface area contributed by atoms with Gasteiger partial charge >= 0.3 is 26.3 Å². The number of alkyl halides is 2. The van der Waals surface area contributed by atoms with Gasteiger partial charge in [0.15, 0.2) is 36.3 Å². The third kappa shape index (κ3) is 13.2. The Balaban J connectivity index is 0.926. The van der Waals surface area contributed by atoms with Gasteiger partial charge in [-0.3, -0.25) is 37.0 Å². The number of carbonyl (C=O) groups excluding carboxylic acids is 1. The Morgan fingerprint density at radius 1 is 0.817 bits per heavy atom. The lowest BCUT2D eigenvalue weighted by Crippen LogP contribution is -2.38. The number of aromatic amines is 1. The van der Waals surface area contributed by atoms with Gasteiger partial charge in [0.1, 0.15) is 47.8 Å². The summed E-state index contributed by atoms with van der Waals surface area (Å²) >= 11 is 0.597. The first-order valence-electron chi connectivity index (χ1n) is 23.3. The molecule has 71 heavy (non-hydrogen) atoms. The van der Waals surface area contributed by atoms with E-state index in [1.807, 2.05) is 4.98 Å². The normalized spacial score (nSPS) is 27.9. The minimum Gasteiger partial charge on any atom is -0.494 e. The number of hydrogen-bond donors (Lipinski definition) is 3. The second kappa shape index (κ2) is 23.8. The molecule has 8 rings (SSSR count). The SMILES string of the molecule is CCCCCCCCCCCCOc1ccc(C(=O)Oc2ccc(CS[P@]3(=O)OC[C@H]4O[C@@H](n5cnc6c(N)ncnc65)[C@H](F)[C@@H]4OP(=O)(O)OC[C@H]4O[C@@H](n5ccc(=O)[nH]c5=O)[C@H](F)[C@@H]4O3)cc2)cc1. The van der Waals surface area contributed by atoms with Crippen LogP contribution in [-0.2, 0) is 42.5 Å². The number of aromatic nitrogens is 6. The molecular formula is C45H55F2N7O14P2S. The summed E-state index contributed by atoms with van der Waals surface area (Å²) in [5.74, 6) is 0.0992. The molecule has 0 radical (unpaired) electrons. The van der Waals surface area contributed by atoms with Gasteiger partial charge in [-0.15, -0.1) is 0 Å². The number of unbranched alkanes of at least 4 members (excludes halogenated alkanes) is 9. The Morgan fingerprint density at radius 3 is 2.11 bits per heavy atom. The molecule has 384 valence electrons. The van der Waals surface area contributed by atoms with Crippen molar-refractivity contribution in [2.45, 2.75) is 126 Å². The molecule has 3 aliphatic heterocycles. The molecule has 21 nitrogen and oxygen atoms in total. The van der Waals surface area contributed by atoms with Crippen LogP contribution in [0.2, 0.25) is 0 Å². The lowest BCUT2D eigenvalue weighted by Gasteiger charge is -2.29. The van der Waals surface area contributed by atoms with Crippen molar-refractivity contribution in [3.05, 3.63) is 105 Å². The first-order chi connectivity index (χ1) is 34.2. The van der Waals surface area contributed by atoms with Crippen molar-refractivity contribution in [1.29, 1.82) is 0 Å². The number of nitrogens with zero attached hydrogens (tertiary/aromatic N) is 5. The fourth-order valence-corrected chi connectivity index (χ4v) is 12.6. The molecule has 0 amide bonds. The maximum atomic E-state index is 16.5. The molecule has 10 atom stereocenters. The van der Waals surface area contributed by atoms with Crippen molar-refractivity contribution in [2.75, 3.05) is 25.6 Å². The number of fused-ring (bicyclic) bond motifs is 3. The van der Waals surface area contributed by atoms with E-state index in [2.05, 4.69) is 21.9 Å². The van der Waals surface area contributed by atoms with Crippen molar-refractivity contribution < 1.29 is 64.6 Å². The number of esters is 1. The molecule has 26 heteroatoms. The molecule has 6 heterocycles. The van der Waals surface area contributed by atoms with Gasteiger partial charge in [-0.2, -0.15) is 0 Å². The molecule has 4 N–H and O–H groups in total. The third-order valence-corrected chi connectivity index (χ3v) is 16.6. The maximum absolute atomic E-state index is 16.5. The minimum absolute atomic E-state index is 0.0137. The Labute approximate surface area is 409 Å². The van der Waals surface area contributed by atoms with Crippen molar-refractivity contribution in [3.63, 3.8) is 0 Å². The Bertz CT molecular complexity index is 2810. The summed E-state index contributed by atoms with van der Waals surface area (Å²) in [6.07, 6.45) is 0.470. The number of imidazole rings is 1. The Hall–Kier alpha value is -4.87. The summed E-state index contributed by atoms with van der Waals surface area (Å²) in [7, 11) is -5.24. The number of carbonyl (C=O) groups is 1. The van der Waals surface area contributed by atoms with Gasteiger partial charge in [0.05, 0.1) is 31.7 Å². The maximum Gasteiger partial charge on any atom is 0.472 e. The number of rotatable bonds is 19. The summed E-state index contributed by atoms with van der Waals surface area (Å²) in [5.41, 5.74) is 5.06. The van der Waals surface area contributed by atoms with Gasteiger partial charge in [-0.25, -0.2) is 42.5 Å². The standard InChI is InChI=1S/C45H55F2N7O14P2S/c1-2-3-4-5-6-7-8-9-10-11-22-61-30-18-14-29(15-19-30)44(56)64-31-16-12-28(13-17-31)25-71-70(60)63-24-33-38(35(46)43(66-33)54-27-51-37-40(48)49-26-50-41(37)54)67-69(58,59)62-23-32-39(68-70)36(47)42(65-32)53-21-20-34(55)52-45(53)57/h12-21,26-27,32-33,35-36,38-39,42-43H,2-11,22-25H2,1H3,(H,58,59)(H2,48,49,50)(H,52,55,57)/t32-,33-,35-,36-,38-,39-,42-,43-,70-/m1/s1. The van der Waals surface area contributed by atoms with Crippen molar-refractivity contribution in [2.24, 2.45) is 0 Å². The van der Waals surface area contributed by atoms with E-state index in [4.69, 9.17) is 42.8 Å². The van der Waals surface area contributed by atoms with Crippen LogP contribution in [0.3, 0.4) is 0 Å². The lowest BCUT2D eigenvalue weighted by atomic mass is 10.1. The number of benzene rings is 2. The lowest BCUT2D eigenvalue weighted by molar-refractivity contribution is -0.0619.